The summed E-state index contributed by atoms with van der Waals surface area (Å²) >= 11 is 3.73. The van der Waals surface area contributed by atoms with Gasteiger partial charge in [-0.05, 0) is 25.3 Å². The van der Waals surface area contributed by atoms with Gasteiger partial charge in [0.05, 0.1) is 20.3 Å². The Morgan fingerprint density at radius 3 is 2.83 bits per heavy atom. The molecule has 18 heavy (non-hydrogen) atoms. The average Bonchev–Trinajstić information content (AvgIpc) is 2.90. The van der Waals surface area contributed by atoms with Crippen molar-refractivity contribution in [2.75, 3.05) is 20.8 Å². The van der Waals surface area contributed by atoms with Crippen LogP contribution in [0, 0.1) is 0 Å². The van der Waals surface area contributed by atoms with Crippen LogP contribution in [0.1, 0.15) is 29.7 Å². The zero-order valence-electron chi connectivity index (χ0n) is 10.8. The van der Waals surface area contributed by atoms with Crippen LogP contribution in [-0.2, 0) is 4.74 Å². The van der Waals surface area contributed by atoms with E-state index in [-0.39, 0.29) is 4.83 Å². The third kappa shape index (κ3) is 3.18. The summed E-state index contributed by atoms with van der Waals surface area (Å²) in [6.45, 7) is 0.893. The van der Waals surface area contributed by atoms with Gasteiger partial charge in [-0.25, -0.2) is 0 Å². The molecule has 1 fully saturated rings. The quantitative estimate of drug-likeness (QED) is 0.775. The van der Waals surface area contributed by atoms with Crippen molar-refractivity contribution in [1.29, 1.82) is 0 Å². The molecular formula is C14H19BrO3. The summed E-state index contributed by atoms with van der Waals surface area (Å²) in [4.78, 5) is 0.251. The molecule has 0 aliphatic carbocycles. The molecule has 0 bridgehead atoms. The van der Waals surface area contributed by atoms with Crippen molar-refractivity contribution in [3.8, 4) is 11.5 Å². The molecular weight excluding hydrogens is 296 g/mol. The summed E-state index contributed by atoms with van der Waals surface area (Å²) in [5, 5.41) is 0. The van der Waals surface area contributed by atoms with Gasteiger partial charge in [-0.3, -0.25) is 0 Å². The molecule has 1 aromatic rings. The lowest BCUT2D eigenvalue weighted by Crippen LogP contribution is -2.08. The van der Waals surface area contributed by atoms with Gasteiger partial charge in [-0.2, -0.15) is 0 Å². The van der Waals surface area contributed by atoms with Crippen LogP contribution in [0.2, 0.25) is 0 Å². The summed E-state index contributed by atoms with van der Waals surface area (Å²) in [6, 6.07) is 5.92. The molecule has 0 aromatic heterocycles. The maximum Gasteiger partial charge on any atom is 0.126 e. The minimum atomic E-state index is 0.251. The van der Waals surface area contributed by atoms with Crippen LogP contribution >= 0.6 is 15.9 Å². The van der Waals surface area contributed by atoms with E-state index in [0.29, 0.717) is 6.10 Å². The van der Waals surface area contributed by atoms with E-state index in [1.165, 1.54) is 6.42 Å². The molecule has 0 spiro atoms. The molecule has 0 amide bonds. The molecule has 2 rings (SSSR count). The smallest absolute Gasteiger partial charge is 0.126 e. The molecule has 1 saturated heterocycles. The molecule has 4 heteroatoms. The highest BCUT2D eigenvalue weighted by Gasteiger charge is 2.22. The standard InChI is InChI=1S/C14H19BrO3/c1-16-10-5-6-12(14(9-10)17-2)13(15)8-11-4-3-7-18-11/h5-6,9,11,13H,3-4,7-8H2,1-2H3. The number of rotatable bonds is 5. The lowest BCUT2D eigenvalue weighted by atomic mass is 10.0. The third-order valence-electron chi connectivity index (χ3n) is 3.27. The van der Waals surface area contributed by atoms with Crippen LogP contribution in [0.15, 0.2) is 18.2 Å². The molecule has 0 saturated carbocycles. The van der Waals surface area contributed by atoms with E-state index >= 15 is 0 Å². The molecule has 1 heterocycles. The van der Waals surface area contributed by atoms with E-state index in [1.54, 1.807) is 14.2 Å². The second-order valence-electron chi connectivity index (χ2n) is 4.45. The summed E-state index contributed by atoms with van der Waals surface area (Å²) in [5.74, 6) is 1.67. The van der Waals surface area contributed by atoms with E-state index in [0.717, 1.165) is 36.5 Å². The number of hydrogen-bond acceptors (Lipinski definition) is 3. The highest BCUT2D eigenvalue weighted by Crippen LogP contribution is 2.38. The SMILES string of the molecule is COc1ccc(C(Br)CC2CCCO2)c(OC)c1. The number of halogens is 1. The largest absolute Gasteiger partial charge is 0.497 e. The topological polar surface area (TPSA) is 27.7 Å². The van der Waals surface area contributed by atoms with Gasteiger partial charge in [-0.15, -0.1) is 0 Å². The molecule has 3 nitrogen and oxygen atoms in total. The second-order valence-corrected chi connectivity index (χ2v) is 5.55. The van der Waals surface area contributed by atoms with Gasteiger partial charge in [0, 0.05) is 23.1 Å². The number of benzene rings is 1. The van der Waals surface area contributed by atoms with Crippen molar-refractivity contribution in [3.63, 3.8) is 0 Å². The minimum Gasteiger partial charge on any atom is -0.497 e. The Hall–Kier alpha value is -0.740. The van der Waals surface area contributed by atoms with Crippen molar-refractivity contribution in [2.24, 2.45) is 0 Å². The van der Waals surface area contributed by atoms with Gasteiger partial charge < -0.3 is 14.2 Å². The van der Waals surface area contributed by atoms with Gasteiger partial charge >= 0.3 is 0 Å². The van der Waals surface area contributed by atoms with E-state index in [4.69, 9.17) is 14.2 Å². The molecule has 100 valence electrons. The van der Waals surface area contributed by atoms with Crippen LogP contribution in [-0.4, -0.2) is 26.9 Å². The molecule has 1 aliphatic rings. The van der Waals surface area contributed by atoms with E-state index in [2.05, 4.69) is 15.9 Å². The molecule has 0 N–H and O–H groups in total. The molecule has 2 unspecified atom stereocenters. The Balaban J connectivity index is 2.10. The Morgan fingerprint density at radius 1 is 1.39 bits per heavy atom. The Morgan fingerprint density at radius 2 is 2.22 bits per heavy atom. The highest BCUT2D eigenvalue weighted by molar-refractivity contribution is 9.09. The number of ether oxygens (including phenoxy) is 3. The normalized spacial score (nSPS) is 20.7. The van der Waals surface area contributed by atoms with Crippen molar-refractivity contribution in [3.05, 3.63) is 23.8 Å². The maximum absolute atomic E-state index is 5.67. The van der Waals surface area contributed by atoms with E-state index in [9.17, 15) is 0 Å². The Labute approximate surface area is 117 Å². The number of methoxy groups -OCH3 is 2. The predicted octanol–water partition coefficient (Wildman–Crippen LogP) is 3.71. The minimum absolute atomic E-state index is 0.251. The maximum atomic E-state index is 5.67. The van der Waals surface area contributed by atoms with Gasteiger partial charge in [0.1, 0.15) is 11.5 Å². The summed E-state index contributed by atoms with van der Waals surface area (Å²) in [6.07, 6.45) is 3.66. The Bertz CT molecular complexity index is 389. The predicted molar refractivity (Wildman–Crippen MR) is 74.8 cm³/mol. The van der Waals surface area contributed by atoms with Crippen LogP contribution in [0.3, 0.4) is 0 Å². The van der Waals surface area contributed by atoms with Gasteiger partial charge in [0.2, 0.25) is 0 Å². The van der Waals surface area contributed by atoms with E-state index < -0.39 is 0 Å². The van der Waals surface area contributed by atoms with Gasteiger partial charge in [0.15, 0.2) is 0 Å². The van der Waals surface area contributed by atoms with Gasteiger partial charge in [-0.1, -0.05) is 22.0 Å². The zero-order valence-corrected chi connectivity index (χ0v) is 12.4. The molecule has 1 aromatic carbocycles. The third-order valence-corrected chi connectivity index (χ3v) is 4.14. The zero-order chi connectivity index (χ0) is 13.0. The van der Waals surface area contributed by atoms with Crippen molar-refractivity contribution in [1.82, 2.24) is 0 Å². The van der Waals surface area contributed by atoms with Crippen molar-refractivity contribution < 1.29 is 14.2 Å². The summed E-state index contributed by atoms with van der Waals surface area (Å²) in [5.41, 5.74) is 1.15. The number of alkyl halides is 1. The number of hydrogen-bond donors (Lipinski definition) is 0. The first-order valence-electron chi connectivity index (χ1n) is 6.22. The van der Waals surface area contributed by atoms with Gasteiger partial charge in [0.25, 0.3) is 0 Å². The molecule has 0 radical (unpaired) electrons. The lowest BCUT2D eigenvalue weighted by molar-refractivity contribution is 0.104. The first-order valence-corrected chi connectivity index (χ1v) is 7.13. The van der Waals surface area contributed by atoms with Crippen LogP contribution in [0.5, 0.6) is 11.5 Å². The Kier molecular flexibility index (Phi) is 4.89. The van der Waals surface area contributed by atoms with Crippen molar-refractivity contribution in [2.45, 2.75) is 30.2 Å². The fourth-order valence-electron chi connectivity index (χ4n) is 2.27. The highest BCUT2D eigenvalue weighted by atomic mass is 79.9. The van der Waals surface area contributed by atoms with Crippen molar-refractivity contribution >= 4 is 15.9 Å². The molecule has 2 atom stereocenters. The first kappa shape index (κ1) is 13.7. The van der Waals surface area contributed by atoms with Crippen LogP contribution in [0.4, 0.5) is 0 Å². The van der Waals surface area contributed by atoms with E-state index in [1.807, 2.05) is 18.2 Å². The summed E-state index contributed by atoms with van der Waals surface area (Å²) in [7, 11) is 3.34. The second kappa shape index (κ2) is 6.43. The fraction of sp³-hybridized carbons (Fsp3) is 0.571. The summed E-state index contributed by atoms with van der Waals surface area (Å²) < 4.78 is 16.3. The lowest BCUT2D eigenvalue weighted by Gasteiger charge is -2.18. The van der Waals surface area contributed by atoms with Crippen LogP contribution in [0.25, 0.3) is 0 Å². The average molecular weight is 315 g/mol. The first-order chi connectivity index (χ1) is 8.74. The molecule has 1 aliphatic heterocycles. The van der Waals surface area contributed by atoms with Crippen LogP contribution < -0.4 is 9.47 Å². The fourth-order valence-corrected chi connectivity index (χ4v) is 3.06. The monoisotopic (exact) mass is 314 g/mol.